The van der Waals surface area contributed by atoms with Crippen LogP contribution in [0.2, 0.25) is 0 Å². The summed E-state index contributed by atoms with van der Waals surface area (Å²) in [5, 5.41) is 0. The van der Waals surface area contributed by atoms with Crippen LogP contribution in [0.1, 0.15) is 42.1 Å². The zero-order valence-corrected chi connectivity index (χ0v) is 9.09. The van der Waals surface area contributed by atoms with Crippen LogP contribution >= 0.6 is 0 Å². The van der Waals surface area contributed by atoms with Crippen molar-refractivity contribution in [3.63, 3.8) is 0 Å². The van der Waals surface area contributed by atoms with Crippen molar-refractivity contribution in [1.82, 2.24) is 0 Å². The molecule has 0 saturated carbocycles. The molecular weight excluding hydrogens is 193 g/mol. The third-order valence-corrected chi connectivity index (χ3v) is 2.33. The number of Topliss-reactive ketones (excluding diaryl/α,β-unsaturated/α-hetero) is 1. The van der Waals surface area contributed by atoms with Crippen molar-refractivity contribution in [2.75, 3.05) is 6.54 Å². The monoisotopic (exact) mass is 209 g/mol. The van der Waals surface area contributed by atoms with Gasteiger partial charge in [0.15, 0.2) is 5.78 Å². The van der Waals surface area contributed by atoms with Crippen LogP contribution in [0.3, 0.4) is 0 Å². The Hall–Kier alpha value is -1.22. The molecule has 0 amide bonds. The van der Waals surface area contributed by atoms with Crippen LogP contribution in [0.25, 0.3) is 0 Å². The zero-order chi connectivity index (χ0) is 11.4. The normalized spacial score (nSPS) is 10.7. The van der Waals surface area contributed by atoms with E-state index in [1.807, 2.05) is 13.8 Å². The van der Waals surface area contributed by atoms with Gasteiger partial charge in [-0.15, -0.1) is 0 Å². The number of hydrogen-bond donors (Lipinski definition) is 1. The van der Waals surface area contributed by atoms with Crippen molar-refractivity contribution < 1.29 is 9.18 Å². The van der Waals surface area contributed by atoms with Crippen LogP contribution in [-0.2, 0) is 0 Å². The molecule has 15 heavy (non-hydrogen) atoms. The van der Waals surface area contributed by atoms with E-state index in [0.29, 0.717) is 0 Å². The van der Waals surface area contributed by atoms with Gasteiger partial charge >= 0.3 is 0 Å². The van der Waals surface area contributed by atoms with Gasteiger partial charge in [0.25, 0.3) is 0 Å². The first kappa shape index (κ1) is 11.9. The molecule has 1 aromatic rings. The van der Waals surface area contributed by atoms with Crippen LogP contribution in [-0.4, -0.2) is 12.3 Å². The summed E-state index contributed by atoms with van der Waals surface area (Å²) < 4.78 is 13.3. The van der Waals surface area contributed by atoms with E-state index in [-0.39, 0.29) is 30.2 Å². The summed E-state index contributed by atoms with van der Waals surface area (Å²) in [6.45, 7) is 4.26. The smallest absolute Gasteiger partial charge is 0.167 e. The predicted octanol–water partition coefficient (Wildman–Crippen LogP) is 2.48. The molecule has 2 nitrogen and oxygen atoms in total. The molecule has 0 aliphatic rings. The average Bonchev–Trinajstić information content (AvgIpc) is 2.18. The Morgan fingerprint density at radius 2 is 2.13 bits per heavy atom. The summed E-state index contributed by atoms with van der Waals surface area (Å²) in [7, 11) is 0. The van der Waals surface area contributed by atoms with E-state index in [4.69, 9.17) is 5.73 Å². The Bertz CT molecular complexity index is 361. The molecule has 0 saturated heterocycles. The number of halogens is 1. The predicted molar refractivity (Wildman–Crippen MR) is 58.5 cm³/mol. The highest BCUT2D eigenvalue weighted by Gasteiger charge is 2.12. The maximum absolute atomic E-state index is 13.3. The Morgan fingerprint density at radius 3 is 2.67 bits per heavy atom. The minimum absolute atomic E-state index is 0.159. The number of nitrogens with two attached hydrogens (primary N) is 1. The van der Waals surface area contributed by atoms with Gasteiger partial charge in [-0.25, -0.2) is 4.39 Å². The van der Waals surface area contributed by atoms with Crippen LogP contribution in [0, 0.1) is 5.82 Å². The number of hydrogen-bond acceptors (Lipinski definition) is 2. The van der Waals surface area contributed by atoms with Crippen molar-refractivity contribution >= 4 is 5.78 Å². The van der Waals surface area contributed by atoms with Gasteiger partial charge in [0.1, 0.15) is 5.82 Å². The van der Waals surface area contributed by atoms with E-state index in [2.05, 4.69) is 0 Å². The third-order valence-electron chi connectivity index (χ3n) is 2.33. The minimum atomic E-state index is -0.460. The van der Waals surface area contributed by atoms with Gasteiger partial charge in [-0.3, -0.25) is 4.79 Å². The van der Waals surface area contributed by atoms with Gasteiger partial charge < -0.3 is 5.73 Å². The molecule has 0 fully saturated rings. The first-order valence-electron chi connectivity index (χ1n) is 5.09. The number of ketones is 1. The van der Waals surface area contributed by atoms with E-state index in [0.717, 1.165) is 5.56 Å². The molecule has 0 radical (unpaired) electrons. The molecule has 0 aliphatic carbocycles. The molecule has 0 aliphatic heterocycles. The molecule has 0 aromatic heterocycles. The van der Waals surface area contributed by atoms with Crippen molar-refractivity contribution in [3.05, 3.63) is 35.1 Å². The van der Waals surface area contributed by atoms with E-state index in [9.17, 15) is 9.18 Å². The Kier molecular flexibility index (Phi) is 3.97. The highest BCUT2D eigenvalue weighted by atomic mass is 19.1. The number of carbonyl (C=O) groups is 1. The highest BCUT2D eigenvalue weighted by molar-refractivity contribution is 5.96. The molecule has 1 aromatic carbocycles. The standard InChI is InChI=1S/C12H16FNO/c1-8(2)9-3-4-11(13)10(7-9)12(15)5-6-14/h3-4,7-8H,5-6,14H2,1-2H3. The quantitative estimate of drug-likeness (QED) is 0.774. The number of rotatable bonds is 4. The lowest BCUT2D eigenvalue weighted by Gasteiger charge is -2.08. The molecule has 1 rings (SSSR count). The highest BCUT2D eigenvalue weighted by Crippen LogP contribution is 2.19. The molecule has 0 unspecified atom stereocenters. The second-order valence-electron chi connectivity index (χ2n) is 3.86. The molecule has 0 spiro atoms. The molecule has 2 N–H and O–H groups in total. The SMILES string of the molecule is CC(C)c1ccc(F)c(C(=O)CCN)c1. The summed E-state index contributed by atoms with van der Waals surface area (Å²) in [4.78, 5) is 11.5. The average molecular weight is 209 g/mol. The maximum atomic E-state index is 13.3. The molecule has 82 valence electrons. The summed E-state index contributed by atoms with van der Waals surface area (Å²) in [5.74, 6) is -0.398. The molecule has 0 atom stereocenters. The lowest BCUT2D eigenvalue weighted by molar-refractivity contribution is 0.0981. The second-order valence-corrected chi connectivity index (χ2v) is 3.86. The van der Waals surface area contributed by atoms with Gasteiger partial charge in [0.05, 0.1) is 5.56 Å². The first-order chi connectivity index (χ1) is 7.06. The molecule has 0 heterocycles. The summed E-state index contributed by atoms with van der Waals surface area (Å²) in [6.07, 6.45) is 0.193. The fourth-order valence-electron chi connectivity index (χ4n) is 1.38. The number of carbonyl (C=O) groups excluding carboxylic acids is 1. The van der Waals surface area contributed by atoms with Gasteiger partial charge in [-0.05, 0) is 30.2 Å². The fourth-order valence-corrected chi connectivity index (χ4v) is 1.38. The Morgan fingerprint density at radius 1 is 1.47 bits per heavy atom. The molecular formula is C12H16FNO. The summed E-state index contributed by atoms with van der Waals surface area (Å²) in [6, 6.07) is 4.68. The van der Waals surface area contributed by atoms with Crippen molar-refractivity contribution in [2.45, 2.75) is 26.2 Å². The molecule has 0 bridgehead atoms. The fraction of sp³-hybridized carbons (Fsp3) is 0.417. The zero-order valence-electron chi connectivity index (χ0n) is 9.09. The number of benzene rings is 1. The topological polar surface area (TPSA) is 43.1 Å². The van der Waals surface area contributed by atoms with Crippen LogP contribution in [0.5, 0.6) is 0 Å². The van der Waals surface area contributed by atoms with Crippen molar-refractivity contribution in [2.24, 2.45) is 5.73 Å². The molecule has 3 heteroatoms. The lowest BCUT2D eigenvalue weighted by atomic mass is 9.98. The largest absolute Gasteiger partial charge is 0.330 e. The van der Waals surface area contributed by atoms with Crippen LogP contribution in [0.4, 0.5) is 4.39 Å². The van der Waals surface area contributed by atoms with Crippen molar-refractivity contribution in [3.8, 4) is 0 Å². The van der Waals surface area contributed by atoms with Crippen LogP contribution in [0.15, 0.2) is 18.2 Å². The van der Waals surface area contributed by atoms with Crippen LogP contribution < -0.4 is 5.73 Å². The van der Waals surface area contributed by atoms with E-state index >= 15 is 0 Å². The van der Waals surface area contributed by atoms with E-state index in [1.54, 1.807) is 12.1 Å². The van der Waals surface area contributed by atoms with E-state index in [1.165, 1.54) is 6.07 Å². The van der Waals surface area contributed by atoms with Gasteiger partial charge in [-0.1, -0.05) is 19.9 Å². The minimum Gasteiger partial charge on any atom is -0.330 e. The second kappa shape index (κ2) is 5.03. The summed E-state index contributed by atoms with van der Waals surface area (Å²) >= 11 is 0. The van der Waals surface area contributed by atoms with E-state index < -0.39 is 5.82 Å². The van der Waals surface area contributed by atoms with Gasteiger partial charge in [0.2, 0.25) is 0 Å². The maximum Gasteiger partial charge on any atom is 0.167 e. The third kappa shape index (κ3) is 2.86. The van der Waals surface area contributed by atoms with Crippen molar-refractivity contribution in [1.29, 1.82) is 0 Å². The van der Waals surface area contributed by atoms with Gasteiger partial charge in [0, 0.05) is 6.42 Å². The lowest BCUT2D eigenvalue weighted by Crippen LogP contribution is -2.10. The van der Waals surface area contributed by atoms with Gasteiger partial charge in [-0.2, -0.15) is 0 Å². The first-order valence-corrected chi connectivity index (χ1v) is 5.09. The Labute approximate surface area is 89.3 Å². The summed E-state index contributed by atoms with van der Waals surface area (Å²) in [5.41, 5.74) is 6.40. The Balaban J connectivity index is 3.05.